The molecule has 0 saturated carbocycles. The van der Waals surface area contributed by atoms with Crippen LogP contribution in [0, 0.1) is 0 Å². The van der Waals surface area contributed by atoms with Crippen LogP contribution in [0.1, 0.15) is 13.8 Å². The molecule has 5 heteroatoms. The van der Waals surface area contributed by atoms with Gasteiger partial charge < -0.3 is 20.5 Å². The Kier molecular flexibility index (Phi) is 4.65. The van der Waals surface area contributed by atoms with Crippen LogP contribution in [0.4, 0.5) is 17.2 Å². The quantitative estimate of drug-likeness (QED) is 0.845. The Bertz CT molecular complexity index is 573. The van der Waals surface area contributed by atoms with Crippen LogP contribution in [-0.4, -0.2) is 18.2 Å². The number of rotatable bonds is 6. The van der Waals surface area contributed by atoms with Crippen molar-refractivity contribution in [2.45, 2.75) is 13.8 Å². The summed E-state index contributed by atoms with van der Waals surface area (Å²) in [5.74, 6) is 2.14. The maximum atomic E-state index is 5.73. The highest BCUT2D eigenvalue weighted by molar-refractivity contribution is 5.63. The molecule has 3 N–H and O–H groups in total. The molecule has 20 heavy (non-hydrogen) atoms. The minimum Gasteiger partial charge on any atom is -0.490 e. The van der Waals surface area contributed by atoms with Crippen molar-refractivity contribution >= 4 is 17.2 Å². The summed E-state index contributed by atoms with van der Waals surface area (Å²) in [6, 6.07) is 9.20. The van der Waals surface area contributed by atoms with Crippen molar-refractivity contribution < 1.29 is 9.47 Å². The number of aromatic nitrogens is 1. The van der Waals surface area contributed by atoms with E-state index in [0.29, 0.717) is 30.5 Å². The fourth-order valence-corrected chi connectivity index (χ4v) is 1.79. The van der Waals surface area contributed by atoms with Crippen molar-refractivity contribution in [3.8, 4) is 11.5 Å². The van der Waals surface area contributed by atoms with Crippen molar-refractivity contribution in [1.82, 2.24) is 4.98 Å². The molecule has 0 amide bonds. The van der Waals surface area contributed by atoms with Gasteiger partial charge in [0, 0.05) is 29.7 Å². The smallest absolute Gasteiger partial charge is 0.163 e. The van der Waals surface area contributed by atoms with Crippen molar-refractivity contribution in [3.63, 3.8) is 0 Å². The van der Waals surface area contributed by atoms with E-state index in [9.17, 15) is 0 Å². The number of pyridine rings is 1. The molecule has 0 spiro atoms. The fraction of sp³-hybridized carbons (Fsp3) is 0.267. The third-order valence-electron chi connectivity index (χ3n) is 2.60. The average Bonchev–Trinajstić information content (AvgIpc) is 2.42. The molecule has 1 heterocycles. The van der Waals surface area contributed by atoms with Gasteiger partial charge in [0.15, 0.2) is 11.5 Å². The first-order chi connectivity index (χ1) is 9.72. The summed E-state index contributed by atoms with van der Waals surface area (Å²) >= 11 is 0. The molecule has 0 aliphatic rings. The molecule has 0 bridgehead atoms. The van der Waals surface area contributed by atoms with Gasteiger partial charge in [0.25, 0.3) is 0 Å². The molecule has 5 nitrogen and oxygen atoms in total. The van der Waals surface area contributed by atoms with Gasteiger partial charge in [-0.15, -0.1) is 0 Å². The van der Waals surface area contributed by atoms with E-state index in [1.165, 1.54) is 0 Å². The molecule has 1 aromatic carbocycles. The van der Waals surface area contributed by atoms with Crippen LogP contribution < -0.4 is 20.5 Å². The Morgan fingerprint density at radius 2 is 1.80 bits per heavy atom. The second kappa shape index (κ2) is 6.65. The Hall–Kier alpha value is -2.43. The van der Waals surface area contributed by atoms with Gasteiger partial charge in [0.2, 0.25) is 0 Å². The minimum atomic E-state index is 0.583. The molecule has 0 atom stereocenters. The molecule has 2 aromatic rings. The van der Waals surface area contributed by atoms with Crippen molar-refractivity contribution in [2.24, 2.45) is 0 Å². The van der Waals surface area contributed by atoms with Crippen molar-refractivity contribution in [1.29, 1.82) is 0 Å². The Balaban J connectivity index is 2.22. The predicted molar refractivity (Wildman–Crippen MR) is 80.7 cm³/mol. The van der Waals surface area contributed by atoms with Crippen LogP contribution >= 0.6 is 0 Å². The third kappa shape index (κ3) is 3.54. The fourth-order valence-electron chi connectivity index (χ4n) is 1.79. The van der Waals surface area contributed by atoms with E-state index in [4.69, 9.17) is 15.2 Å². The van der Waals surface area contributed by atoms with Gasteiger partial charge in [-0.2, -0.15) is 0 Å². The topological polar surface area (TPSA) is 69.4 Å². The molecule has 0 radical (unpaired) electrons. The number of hydrogen-bond donors (Lipinski definition) is 2. The normalized spacial score (nSPS) is 10.1. The van der Waals surface area contributed by atoms with E-state index in [2.05, 4.69) is 10.3 Å². The highest BCUT2D eigenvalue weighted by Crippen LogP contribution is 2.31. The zero-order valence-corrected chi connectivity index (χ0v) is 11.7. The molecule has 0 aliphatic heterocycles. The largest absolute Gasteiger partial charge is 0.490 e. The number of nitrogens with two attached hydrogens (primary N) is 1. The molecule has 0 unspecified atom stereocenters. The molecule has 1 aromatic heterocycles. The lowest BCUT2D eigenvalue weighted by atomic mass is 10.2. The van der Waals surface area contributed by atoms with E-state index >= 15 is 0 Å². The van der Waals surface area contributed by atoms with Crippen LogP contribution in [0.25, 0.3) is 0 Å². The van der Waals surface area contributed by atoms with E-state index < -0.39 is 0 Å². The zero-order chi connectivity index (χ0) is 14.4. The summed E-state index contributed by atoms with van der Waals surface area (Å²) in [5.41, 5.74) is 7.26. The molecule has 0 fully saturated rings. The Morgan fingerprint density at radius 1 is 1.05 bits per heavy atom. The van der Waals surface area contributed by atoms with Crippen molar-refractivity contribution in [3.05, 3.63) is 36.5 Å². The Morgan fingerprint density at radius 3 is 2.50 bits per heavy atom. The highest BCUT2D eigenvalue weighted by Gasteiger charge is 2.06. The molecule has 0 saturated heterocycles. The number of ether oxygens (including phenoxy) is 2. The van der Waals surface area contributed by atoms with Crippen LogP contribution in [0.3, 0.4) is 0 Å². The summed E-state index contributed by atoms with van der Waals surface area (Å²) in [7, 11) is 0. The van der Waals surface area contributed by atoms with E-state index in [0.717, 1.165) is 11.4 Å². The maximum Gasteiger partial charge on any atom is 0.163 e. The zero-order valence-electron chi connectivity index (χ0n) is 11.7. The van der Waals surface area contributed by atoms with Crippen molar-refractivity contribution in [2.75, 3.05) is 24.3 Å². The second-order valence-corrected chi connectivity index (χ2v) is 4.13. The van der Waals surface area contributed by atoms with E-state index in [1.54, 1.807) is 18.3 Å². The van der Waals surface area contributed by atoms with Gasteiger partial charge in [-0.25, -0.2) is 4.98 Å². The molecule has 2 rings (SSSR count). The monoisotopic (exact) mass is 273 g/mol. The van der Waals surface area contributed by atoms with E-state index in [1.807, 2.05) is 32.0 Å². The van der Waals surface area contributed by atoms with Gasteiger partial charge in [-0.3, -0.25) is 0 Å². The second-order valence-electron chi connectivity index (χ2n) is 4.13. The Labute approximate surface area is 118 Å². The summed E-state index contributed by atoms with van der Waals surface area (Å²) < 4.78 is 11.1. The average molecular weight is 273 g/mol. The molecular weight excluding hydrogens is 254 g/mol. The number of anilines is 3. The van der Waals surface area contributed by atoms with Gasteiger partial charge in [0.05, 0.1) is 13.2 Å². The number of nitrogen functional groups attached to an aromatic ring is 1. The summed E-state index contributed by atoms with van der Waals surface area (Å²) in [5, 5.41) is 3.19. The summed E-state index contributed by atoms with van der Waals surface area (Å²) in [6.45, 7) is 5.07. The van der Waals surface area contributed by atoms with E-state index in [-0.39, 0.29) is 0 Å². The van der Waals surface area contributed by atoms with Crippen LogP contribution in [0.2, 0.25) is 0 Å². The molecule has 106 valence electrons. The maximum absolute atomic E-state index is 5.73. The lowest BCUT2D eigenvalue weighted by Crippen LogP contribution is -2.00. The highest BCUT2D eigenvalue weighted by atomic mass is 16.5. The first-order valence-electron chi connectivity index (χ1n) is 6.61. The summed E-state index contributed by atoms with van der Waals surface area (Å²) in [4.78, 5) is 4.21. The van der Waals surface area contributed by atoms with Gasteiger partial charge >= 0.3 is 0 Å². The first kappa shape index (κ1) is 14.0. The molecule has 0 aliphatic carbocycles. The number of hydrogen-bond acceptors (Lipinski definition) is 5. The number of benzene rings is 1. The van der Waals surface area contributed by atoms with Crippen LogP contribution in [0.15, 0.2) is 36.5 Å². The van der Waals surface area contributed by atoms with Gasteiger partial charge in [-0.05, 0) is 32.0 Å². The van der Waals surface area contributed by atoms with Crippen LogP contribution in [0.5, 0.6) is 11.5 Å². The number of nitrogens with zero attached hydrogens (tertiary/aromatic N) is 1. The minimum absolute atomic E-state index is 0.583. The molecular formula is C15H19N3O2. The van der Waals surface area contributed by atoms with Crippen LogP contribution in [-0.2, 0) is 0 Å². The number of nitrogens with one attached hydrogen (secondary N) is 1. The summed E-state index contributed by atoms with van der Waals surface area (Å²) in [6.07, 6.45) is 1.66. The lowest BCUT2D eigenvalue weighted by molar-refractivity contribution is 0.288. The first-order valence-corrected chi connectivity index (χ1v) is 6.61. The third-order valence-corrected chi connectivity index (χ3v) is 2.60. The SMILES string of the molecule is CCOc1ccc(Nc2cc(N)ccn2)cc1OCC. The van der Waals surface area contributed by atoms with Gasteiger partial charge in [-0.1, -0.05) is 0 Å². The lowest BCUT2D eigenvalue weighted by Gasteiger charge is -2.13. The van der Waals surface area contributed by atoms with Gasteiger partial charge in [0.1, 0.15) is 5.82 Å². The predicted octanol–water partition coefficient (Wildman–Crippen LogP) is 3.20. The standard InChI is InChI=1S/C15H19N3O2/c1-3-19-13-6-5-12(10-14(13)20-4-2)18-15-9-11(16)7-8-17-15/h5-10H,3-4H2,1-2H3,(H3,16,17,18).